The van der Waals surface area contributed by atoms with Gasteiger partial charge in [0.05, 0.1) is 0 Å². The number of amides is 1. The third-order valence-electron chi connectivity index (χ3n) is 3.80. The zero-order valence-electron chi connectivity index (χ0n) is 13.9. The van der Waals surface area contributed by atoms with Crippen LogP contribution < -0.4 is 10.2 Å². The van der Waals surface area contributed by atoms with Crippen LogP contribution in [0.1, 0.15) is 31.7 Å². The van der Waals surface area contributed by atoms with Crippen LogP contribution in [0.3, 0.4) is 0 Å². The van der Waals surface area contributed by atoms with Crippen molar-refractivity contribution in [3.05, 3.63) is 66.2 Å². The fourth-order valence-corrected chi connectivity index (χ4v) is 2.47. The highest BCUT2D eigenvalue weighted by atomic mass is 16.1. The largest absolute Gasteiger partial charge is 0.367 e. The Morgan fingerprint density at radius 1 is 1.00 bits per heavy atom. The molecule has 0 heterocycles. The van der Waals surface area contributed by atoms with E-state index in [2.05, 4.69) is 53.5 Å². The summed E-state index contributed by atoms with van der Waals surface area (Å²) in [6, 6.07) is 20.7. The molecule has 0 aliphatic rings. The van der Waals surface area contributed by atoms with Gasteiger partial charge in [-0.15, -0.1) is 0 Å². The monoisotopic (exact) mass is 310 g/mol. The van der Waals surface area contributed by atoms with E-state index in [9.17, 15) is 4.79 Å². The molecule has 122 valence electrons. The lowest BCUT2D eigenvalue weighted by Gasteiger charge is -2.25. The van der Waals surface area contributed by atoms with Crippen LogP contribution in [-0.2, 0) is 11.3 Å². The summed E-state index contributed by atoms with van der Waals surface area (Å²) in [5.41, 5.74) is 2.40. The molecule has 0 saturated carbocycles. The van der Waals surface area contributed by atoms with E-state index in [-0.39, 0.29) is 5.91 Å². The molecular weight excluding hydrogens is 284 g/mol. The van der Waals surface area contributed by atoms with Gasteiger partial charge in [0.25, 0.3) is 0 Å². The minimum atomic E-state index is 0.132. The van der Waals surface area contributed by atoms with Gasteiger partial charge in [-0.3, -0.25) is 4.79 Å². The number of benzene rings is 2. The van der Waals surface area contributed by atoms with Gasteiger partial charge < -0.3 is 10.2 Å². The first-order valence-corrected chi connectivity index (χ1v) is 8.40. The van der Waals surface area contributed by atoms with E-state index < -0.39 is 0 Å². The standard InChI is InChI=1S/C20H26N2O/c1-2-3-15-21-20(23)14-16-22(19-12-8-5-9-13-19)17-18-10-6-4-7-11-18/h4-13H,2-3,14-17H2,1H3,(H,21,23). The van der Waals surface area contributed by atoms with Crippen molar-refractivity contribution >= 4 is 11.6 Å². The topological polar surface area (TPSA) is 32.3 Å². The van der Waals surface area contributed by atoms with Crippen LogP contribution in [0.4, 0.5) is 5.69 Å². The lowest BCUT2D eigenvalue weighted by molar-refractivity contribution is -0.120. The van der Waals surface area contributed by atoms with E-state index in [1.54, 1.807) is 0 Å². The van der Waals surface area contributed by atoms with Gasteiger partial charge in [0.2, 0.25) is 5.91 Å². The molecule has 0 radical (unpaired) electrons. The van der Waals surface area contributed by atoms with Gasteiger partial charge >= 0.3 is 0 Å². The summed E-state index contributed by atoms with van der Waals surface area (Å²) in [5, 5.41) is 2.99. The summed E-state index contributed by atoms with van der Waals surface area (Å²) in [6.45, 7) is 4.44. The van der Waals surface area contributed by atoms with Crippen molar-refractivity contribution in [3.8, 4) is 0 Å². The Morgan fingerprint density at radius 2 is 1.65 bits per heavy atom. The summed E-state index contributed by atoms with van der Waals surface area (Å²) >= 11 is 0. The minimum Gasteiger partial charge on any atom is -0.367 e. The maximum absolute atomic E-state index is 12.0. The van der Waals surface area contributed by atoms with Gasteiger partial charge in [-0.1, -0.05) is 61.9 Å². The fraction of sp³-hybridized carbons (Fsp3) is 0.350. The molecule has 2 aromatic carbocycles. The van der Waals surface area contributed by atoms with Gasteiger partial charge in [-0.05, 0) is 24.1 Å². The average molecular weight is 310 g/mol. The van der Waals surface area contributed by atoms with Crippen LogP contribution in [0, 0.1) is 0 Å². The third kappa shape index (κ3) is 6.15. The quantitative estimate of drug-likeness (QED) is 0.710. The summed E-state index contributed by atoms with van der Waals surface area (Å²) in [7, 11) is 0. The van der Waals surface area contributed by atoms with Crippen LogP contribution in [0.15, 0.2) is 60.7 Å². The second-order valence-electron chi connectivity index (χ2n) is 5.70. The molecule has 2 aromatic rings. The van der Waals surface area contributed by atoms with E-state index in [0.29, 0.717) is 6.42 Å². The Labute approximate surface area is 139 Å². The molecule has 0 atom stereocenters. The number of nitrogens with zero attached hydrogens (tertiary/aromatic N) is 1. The van der Waals surface area contributed by atoms with Crippen molar-refractivity contribution < 1.29 is 4.79 Å². The van der Waals surface area contributed by atoms with Crippen molar-refractivity contribution in [1.82, 2.24) is 5.32 Å². The third-order valence-corrected chi connectivity index (χ3v) is 3.80. The molecule has 23 heavy (non-hydrogen) atoms. The first kappa shape index (κ1) is 17.1. The second kappa shape index (κ2) is 9.67. The van der Waals surface area contributed by atoms with Gasteiger partial charge in [0.1, 0.15) is 0 Å². The van der Waals surface area contributed by atoms with Gasteiger partial charge in [0, 0.05) is 31.7 Å². The summed E-state index contributed by atoms with van der Waals surface area (Å²) < 4.78 is 0. The molecule has 0 aliphatic heterocycles. The Bertz CT molecular complexity index is 569. The van der Waals surface area contributed by atoms with Gasteiger partial charge in [-0.2, -0.15) is 0 Å². The van der Waals surface area contributed by atoms with Crippen molar-refractivity contribution in [1.29, 1.82) is 0 Å². The summed E-state index contributed by atoms with van der Waals surface area (Å²) in [5.74, 6) is 0.132. The number of unbranched alkanes of at least 4 members (excludes halogenated alkanes) is 1. The summed E-state index contributed by atoms with van der Waals surface area (Å²) in [6.07, 6.45) is 2.66. The molecule has 2 rings (SSSR count). The lowest BCUT2D eigenvalue weighted by atomic mass is 10.2. The van der Waals surface area contributed by atoms with Crippen molar-refractivity contribution in [2.75, 3.05) is 18.0 Å². The normalized spacial score (nSPS) is 10.3. The van der Waals surface area contributed by atoms with Gasteiger partial charge in [-0.25, -0.2) is 0 Å². The average Bonchev–Trinajstić information content (AvgIpc) is 2.60. The lowest BCUT2D eigenvalue weighted by Crippen LogP contribution is -2.31. The highest BCUT2D eigenvalue weighted by Crippen LogP contribution is 2.17. The highest BCUT2D eigenvalue weighted by Gasteiger charge is 2.09. The predicted octanol–water partition coefficient (Wildman–Crippen LogP) is 4.00. The molecule has 0 saturated heterocycles. The smallest absolute Gasteiger partial charge is 0.221 e. The fourth-order valence-electron chi connectivity index (χ4n) is 2.47. The molecule has 0 bridgehead atoms. The molecule has 0 aliphatic carbocycles. The first-order chi connectivity index (χ1) is 11.3. The number of carbonyl (C=O) groups excluding carboxylic acids is 1. The van der Waals surface area contributed by atoms with Crippen molar-refractivity contribution in [2.45, 2.75) is 32.7 Å². The number of para-hydroxylation sites is 1. The zero-order valence-corrected chi connectivity index (χ0v) is 13.9. The van der Waals surface area contributed by atoms with Crippen LogP contribution in [0.2, 0.25) is 0 Å². The predicted molar refractivity (Wildman–Crippen MR) is 96.5 cm³/mol. The van der Waals surface area contributed by atoms with Gasteiger partial charge in [0.15, 0.2) is 0 Å². The van der Waals surface area contributed by atoms with Crippen LogP contribution in [0.5, 0.6) is 0 Å². The molecule has 0 spiro atoms. The number of rotatable bonds is 9. The van der Waals surface area contributed by atoms with E-state index in [4.69, 9.17) is 0 Å². The Balaban J connectivity index is 1.95. The Hall–Kier alpha value is -2.29. The second-order valence-corrected chi connectivity index (χ2v) is 5.70. The van der Waals surface area contributed by atoms with Crippen LogP contribution >= 0.6 is 0 Å². The maximum Gasteiger partial charge on any atom is 0.221 e. The first-order valence-electron chi connectivity index (χ1n) is 8.40. The van der Waals surface area contributed by atoms with Crippen molar-refractivity contribution in [3.63, 3.8) is 0 Å². The molecule has 3 nitrogen and oxygen atoms in total. The highest BCUT2D eigenvalue weighted by molar-refractivity contribution is 5.76. The molecule has 0 unspecified atom stereocenters. The Morgan fingerprint density at radius 3 is 2.30 bits per heavy atom. The van der Waals surface area contributed by atoms with E-state index in [1.807, 2.05) is 24.3 Å². The number of carbonyl (C=O) groups is 1. The number of nitrogens with one attached hydrogen (secondary N) is 1. The SMILES string of the molecule is CCCCNC(=O)CCN(Cc1ccccc1)c1ccccc1. The minimum absolute atomic E-state index is 0.132. The molecule has 1 amide bonds. The van der Waals surface area contributed by atoms with E-state index in [0.717, 1.165) is 38.2 Å². The van der Waals surface area contributed by atoms with Crippen LogP contribution in [-0.4, -0.2) is 19.0 Å². The molecule has 0 aromatic heterocycles. The zero-order chi connectivity index (χ0) is 16.3. The van der Waals surface area contributed by atoms with Crippen LogP contribution in [0.25, 0.3) is 0 Å². The maximum atomic E-state index is 12.0. The Kier molecular flexibility index (Phi) is 7.18. The van der Waals surface area contributed by atoms with E-state index >= 15 is 0 Å². The van der Waals surface area contributed by atoms with E-state index in [1.165, 1.54) is 5.56 Å². The summed E-state index contributed by atoms with van der Waals surface area (Å²) in [4.78, 5) is 14.2. The molecular formula is C20H26N2O. The molecule has 1 N–H and O–H groups in total. The number of hydrogen-bond donors (Lipinski definition) is 1. The molecule has 0 fully saturated rings. The van der Waals surface area contributed by atoms with Crippen molar-refractivity contribution in [2.24, 2.45) is 0 Å². The molecule has 3 heteroatoms. The number of anilines is 1. The number of hydrogen-bond acceptors (Lipinski definition) is 2.